The summed E-state index contributed by atoms with van der Waals surface area (Å²) in [5.41, 5.74) is 0. The van der Waals surface area contributed by atoms with E-state index in [-0.39, 0.29) is 5.91 Å². The number of rotatable bonds is 6. The van der Waals surface area contributed by atoms with E-state index in [0.717, 1.165) is 16.6 Å². The topological polar surface area (TPSA) is 29.1 Å². The molecule has 84 valence electrons. The molecule has 1 N–H and O–H groups in total. The maximum Gasteiger partial charge on any atom is 0.220 e. The smallest absolute Gasteiger partial charge is 0.220 e. The second kappa shape index (κ2) is 7.25. The molecule has 1 rings (SSSR count). The lowest BCUT2D eigenvalue weighted by Gasteiger charge is -2.02. The summed E-state index contributed by atoms with van der Waals surface area (Å²) in [6.45, 7) is 0.702. The molecule has 1 aromatic rings. The number of hydrogen-bond acceptors (Lipinski definition) is 2. The summed E-state index contributed by atoms with van der Waals surface area (Å²) < 4.78 is 1.13. The fourth-order valence-electron chi connectivity index (χ4n) is 1.13. The number of hydrogen-bond donors (Lipinski definition) is 1. The van der Waals surface area contributed by atoms with Gasteiger partial charge in [-0.05, 0) is 40.9 Å². The van der Waals surface area contributed by atoms with Crippen molar-refractivity contribution >= 4 is 44.8 Å². The zero-order chi connectivity index (χ0) is 11.1. The van der Waals surface area contributed by atoms with Crippen LogP contribution in [0.15, 0.2) is 15.9 Å². The molecule has 0 atom stereocenters. The van der Waals surface area contributed by atoms with Crippen LogP contribution in [0.1, 0.15) is 17.7 Å². The van der Waals surface area contributed by atoms with Crippen LogP contribution in [0.4, 0.5) is 0 Å². The summed E-state index contributed by atoms with van der Waals surface area (Å²) in [7, 11) is 0. The predicted molar refractivity (Wildman–Crippen MR) is 68.7 cm³/mol. The van der Waals surface area contributed by atoms with Gasteiger partial charge in [0, 0.05) is 23.7 Å². The number of thiophene rings is 1. The van der Waals surface area contributed by atoms with Gasteiger partial charge < -0.3 is 5.32 Å². The third-order valence-electron chi connectivity index (χ3n) is 1.86. The first-order valence-corrected chi connectivity index (χ1v) is 6.93. The quantitative estimate of drug-likeness (QED) is 0.803. The highest BCUT2D eigenvalue weighted by Gasteiger charge is 2.01. The Morgan fingerprint density at radius 3 is 2.93 bits per heavy atom. The Balaban J connectivity index is 2.13. The van der Waals surface area contributed by atoms with E-state index in [2.05, 4.69) is 27.3 Å². The molecule has 0 unspecified atom stereocenters. The molecule has 0 saturated heterocycles. The molecule has 0 radical (unpaired) electrons. The maximum atomic E-state index is 11.2. The van der Waals surface area contributed by atoms with E-state index < -0.39 is 0 Å². The molecule has 1 amide bonds. The van der Waals surface area contributed by atoms with Crippen molar-refractivity contribution in [3.8, 4) is 0 Å². The molecule has 0 saturated carbocycles. The van der Waals surface area contributed by atoms with Gasteiger partial charge in [0.05, 0.1) is 3.79 Å². The Labute approximate surface area is 107 Å². The zero-order valence-corrected chi connectivity index (χ0v) is 11.4. The normalized spacial score (nSPS) is 10.3. The lowest BCUT2D eigenvalue weighted by molar-refractivity contribution is -0.121. The molecule has 15 heavy (non-hydrogen) atoms. The van der Waals surface area contributed by atoms with Crippen LogP contribution in [-0.2, 0) is 11.2 Å². The van der Waals surface area contributed by atoms with Crippen LogP contribution in [0.5, 0.6) is 0 Å². The maximum absolute atomic E-state index is 11.2. The second-order valence-corrected chi connectivity index (χ2v) is 6.02. The minimum absolute atomic E-state index is 0.0891. The van der Waals surface area contributed by atoms with E-state index in [9.17, 15) is 4.79 Å². The second-order valence-electron chi connectivity index (χ2n) is 3.10. The summed E-state index contributed by atoms with van der Waals surface area (Å²) in [4.78, 5) is 12.5. The molecular formula is C10H13BrClNOS. The molecule has 1 heterocycles. The van der Waals surface area contributed by atoms with Gasteiger partial charge in [0.25, 0.3) is 0 Å². The Bertz CT molecular complexity index is 316. The average molecular weight is 311 g/mol. The minimum Gasteiger partial charge on any atom is -0.356 e. The lowest BCUT2D eigenvalue weighted by Crippen LogP contribution is -2.25. The average Bonchev–Trinajstić information content (AvgIpc) is 2.61. The summed E-state index contributed by atoms with van der Waals surface area (Å²) in [6, 6.07) is 4.09. The molecule has 0 aliphatic heterocycles. The van der Waals surface area contributed by atoms with Gasteiger partial charge in [-0.1, -0.05) is 0 Å². The summed E-state index contributed by atoms with van der Waals surface area (Å²) in [6.07, 6.45) is 2.17. The van der Waals surface area contributed by atoms with Crippen LogP contribution in [-0.4, -0.2) is 18.3 Å². The van der Waals surface area contributed by atoms with Crippen LogP contribution in [0.2, 0.25) is 0 Å². The van der Waals surface area contributed by atoms with Crippen LogP contribution in [0.3, 0.4) is 0 Å². The molecule has 0 aliphatic carbocycles. The van der Waals surface area contributed by atoms with Crippen molar-refractivity contribution in [2.24, 2.45) is 0 Å². The molecule has 0 fully saturated rings. The molecular weight excluding hydrogens is 298 g/mol. The zero-order valence-electron chi connectivity index (χ0n) is 8.26. The van der Waals surface area contributed by atoms with Gasteiger partial charge in [-0.3, -0.25) is 4.79 Å². The third-order valence-corrected chi connectivity index (χ3v) is 3.81. The highest BCUT2D eigenvalue weighted by molar-refractivity contribution is 9.11. The van der Waals surface area contributed by atoms with Crippen LogP contribution in [0.25, 0.3) is 0 Å². The van der Waals surface area contributed by atoms with E-state index in [4.69, 9.17) is 11.6 Å². The summed E-state index contributed by atoms with van der Waals surface area (Å²) >= 11 is 10.6. The first-order valence-electron chi connectivity index (χ1n) is 4.79. The molecule has 0 aromatic carbocycles. The van der Waals surface area contributed by atoms with Crippen molar-refractivity contribution in [1.82, 2.24) is 5.32 Å². The molecule has 0 spiro atoms. The molecule has 0 bridgehead atoms. The van der Waals surface area contributed by atoms with Gasteiger partial charge in [-0.15, -0.1) is 22.9 Å². The lowest BCUT2D eigenvalue weighted by atomic mass is 10.3. The van der Waals surface area contributed by atoms with Crippen molar-refractivity contribution in [3.63, 3.8) is 0 Å². The van der Waals surface area contributed by atoms with Gasteiger partial charge in [0.15, 0.2) is 0 Å². The van der Waals surface area contributed by atoms with Gasteiger partial charge in [0.2, 0.25) is 5.91 Å². The predicted octanol–water partition coefficient (Wildman–Crippen LogP) is 3.19. The Kier molecular flexibility index (Phi) is 6.29. The first kappa shape index (κ1) is 13.0. The SMILES string of the molecule is O=C(CCCCl)NCCc1ccc(Br)s1. The van der Waals surface area contributed by atoms with Crippen molar-refractivity contribution in [2.75, 3.05) is 12.4 Å². The minimum atomic E-state index is 0.0891. The van der Waals surface area contributed by atoms with Gasteiger partial charge >= 0.3 is 0 Å². The van der Waals surface area contributed by atoms with Crippen molar-refractivity contribution in [2.45, 2.75) is 19.3 Å². The molecule has 1 aromatic heterocycles. The molecule has 5 heteroatoms. The monoisotopic (exact) mass is 309 g/mol. The number of carbonyl (C=O) groups excluding carboxylic acids is 1. The van der Waals surface area contributed by atoms with E-state index in [0.29, 0.717) is 18.8 Å². The van der Waals surface area contributed by atoms with Crippen molar-refractivity contribution in [1.29, 1.82) is 0 Å². The highest BCUT2D eigenvalue weighted by Crippen LogP contribution is 2.21. The standard InChI is InChI=1S/C10H13BrClNOS/c11-9-4-3-8(15-9)5-7-13-10(14)2-1-6-12/h3-4H,1-2,5-7H2,(H,13,14). The number of alkyl halides is 1. The first-order chi connectivity index (χ1) is 7.22. The van der Waals surface area contributed by atoms with Gasteiger partial charge in [-0.2, -0.15) is 0 Å². The van der Waals surface area contributed by atoms with Crippen LogP contribution in [0, 0.1) is 0 Å². The van der Waals surface area contributed by atoms with Gasteiger partial charge in [-0.25, -0.2) is 0 Å². The van der Waals surface area contributed by atoms with E-state index >= 15 is 0 Å². The highest BCUT2D eigenvalue weighted by atomic mass is 79.9. The summed E-state index contributed by atoms with van der Waals surface area (Å²) in [5.74, 6) is 0.636. The Hall–Kier alpha value is -0.0600. The molecule has 0 aliphatic rings. The van der Waals surface area contributed by atoms with E-state index in [1.54, 1.807) is 11.3 Å². The fourth-order valence-corrected chi connectivity index (χ4v) is 2.74. The number of carbonyl (C=O) groups is 1. The third kappa shape index (κ3) is 5.54. The van der Waals surface area contributed by atoms with Crippen molar-refractivity contribution < 1.29 is 4.79 Å². The number of amides is 1. The molecule has 2 nitrogen and oxygen atoms in total. The number of halogens is 2. The number of nitrogens with one attached hydrogen (secondary N) is 1. The van der Waals surface area contributed by atoms with Crippen LogP contribution >= 0.6 is 38.9 Å². The Morgan fingerprint density at radius 2 is 2.33 bits per heavy atom. The summed E-state index contributed by atoms with van der Waals surface area (Å²) in [5, 5.41) is 2.87. The largest absolute Gasteiger partial charge is 0.356 e. The van der Waals surface area contributed by atoms with Crippen molar-refractivity contribution in [3.05, 3.63) is 20.8 Å². The van der Waals surface area contributed by atoms with Gasteiger partial charge in [0.1, 0.15) is 0 Å². The van der Waals surface area contributed by atoms with E-state index in [1.807, 2.05) is 6.07 Å². The fraction of sp³-hybridized carbons (Fsp3) is 0.500. The van der Waals surface area contributed by atoms with Crippen LogP contribution < -0.4 is 5.32 Å². The van der Waals surface area contributed by atoms with E-state index in [1.165, 1.54) is 4.88 Å². The Morgan fingerprint density at radius 1 is 1.53 bits per heavy atom.